The predicted octanol–water partition coefficient (Wildman–Crippen LogP) is 2.25. The topological polar surface area (TPSA) is 61.8 Å². The third-order valence-electron chi connectivity index (χ3n) is 5.35. The van der Waals surface area contributed by atoms with Gasteiger partial charge < -0.3 is 19.4 Å². The highest BCUT2D eigenvalue weighted by atomic mass is 19.1. The Kier molecular flexibility index (Phi) is 5.78. The maximum Gasteiger partial charge on any atom is 0.260 e. The number of aryl methyl sites for hydroxylation is 1. The van der Waals surface area contributed by atoms with Crippen molar-refractivity contribution in [1.82, 2.24) is 14.9 Å². The summed E-state index contributed by atoms with van der Waals surface area (Å²) in [5, 5.41) is 0. The second-order valence-electron chi connectivity index (χ2n) is 7.47. The number of carbonyl (C=O) groups is 1. The first-order valence-electron chi connectivity index (χ1n) is 10.1. The molecule has 1 amide bonds. The zero-order valence-electron chi connectivity index (χ0n) is 16.7. The summed E-state index contributed by atoms with van der Waals surface area (Å²) in [6.07, 6.45) is 2.38. The Bertz CT molecular complexity index is 847. The predicted molar refractivity (Wildman–Crippen MR) is 109 cm³/mol. The van der Waals surface area contributed by atoms with Gasteiger partial charge in [0.2, 0.25) is 5.95 Å². The van der Waals surface area contributed by atoms with Crippen LogP contribution in [0.15, 0.2) is 30.3 Å². The summed E-state index contributed by atoms with van der Waals surface area (Å²) in [7, 11) is 0. The van der Waals surface area contributed by atoms with Crippen molar-refractivity contribution in [3.8, 4) is 5.75 Å². The van der Waals surface area contributed by atoms with Gasteiger partial charge in [-0.25, -0.2) is 9.37 Å². The zero-order valence-corrected chi connectivity index (χ0v) is 16.7. The molecule has 2 aliphatic heterocycles. The summed E-state index contributed by atoms with van der Waals surface area (Å²) >= 11 is 0. The maximum absolute atomic E-state index is 12.9. The van der Waals surface area contributed by atoms with Crippen molar-refractivity contribution >= 4 is 17.7 Å². The van der Waals surface area contributed by atoms with Crippen molar-refractivity contribution in [2.45, 2.75) is 19.8 Å². The first kappa shape index (κ1) is 19.4. The van der Waals surface area contributed by atoms with E-state index in [0.717, 1.165) is 43.6 Å². The van der Waals surface area contributed by atoms with Gasteiger partial charge in [-0.2, -0.15) is 4.98 Å². The summed E-state index contributed by atoms with van der Waals surface area (Å²) < 4.78 is 18.4. The molecular formula is C21H26FN5O2. The van der Waals surface area contributed by atoms with Gasteiger partial charge in [0.25, 0.3) is 5.91 Å². The van der Waals surface area contributed by atoms with E-state index in [-0.39, 0.29) is 18.3 Å². The van der Waals surface area contributed by atoms with E-state index in [2.05, 4.69) is 14.8 Å². The third kappa shape index (κ3) is 4.75. The van der Waals surface area contributed by atoms with E-state index < -0.39 is 0 Å². The number of amides is 1. The van der Waals surface area contributed by atoms with Crippen LogP contribution in [0.5, 0.6) is 5.75 Å². The van der Waals surface area contributed by atoms with Crippen molar-refractivity contribution in [3.05, 3.63) is 41.8 Å². The van der Waals surface area contributed by atoms with E-state index in [0.29, 0.717) is 18.8 Å². The summed E-state index contributed by atoms with van der Waals surface area (Å²) in [6.45, 7) is 6.66. The SMILES string of the molecule is Cc1cc(N2CCN(C(=O)COc3ccc(F)cc3)CC2)nc(N2CCCC2)n1. The molecule has 4 rings (SSSR count). The Labute approximate surface area is 170 Å². The highest BCUT2D eigenvalue weighted by molar-refractivity contribution is 5.78. The average molecular weight is 399 g/mol. The normalized spacial score (nSPS) is 17.0. The van der Waals surface area contributed by atoms with Crippen molar-refractivity contribution < 1.29 is 13.9 Å². The van der Waals surface area contributed by atoms with Crippen molar-refractivity contribution in [2.24, 2.45) is 0 Å². The summed E-state index contributed by atoms with van der Waals surface area (Å²) in [5.74, 6) is 1.83. The van der Waals surface area contributed by atoms with Crippen LogP contribution in [0, 0.1) is 12.7 Å². The number of aromatic nitrogens is 2. The number of hydrogen-bond acceptors (Lipinski definition) is 6. The Morgan fingerprint density at radius 3 is 2.38 bits per heavy atom. The standard InChI is InChI=1S/C21H26FN5O2/c1-16-14-19(24-21(23-16)27-8-2-3-9-27)25-10-12-26(13-11-25)20(28)15-29-18-6-4-17(22)5-7-18/h4-7,14H,2-3,8-13,15H2,1H3. The molecule has 1 aromatic heterocycles. The van der Waals surface area contributed by atoms with Crippen molar-refractivity contribution in [2.75, 3.05) is 55.7 Å². The Morgan fingerprint density at radius 2 is 1.69 bits per heavy atom. The van der Waals surface area contributed by atoms with Crippen LogP contribution in [0.4, 0.5) is 16.2 Å². The van der Waals surface area contributed by atoms with E-state index in [1.54, 1.807) is 4.90 Å². The molecule has 2 aromatic rings. The van der Waals surface area contributed by atoms with Crippen LogP contribution in [-0.4, -0.2) is 66.7 Å². The fourth-order valence-electron chi connectivity index (χ4n) is 3.71. The van der Waals surface area contributed by atoms with E-state index in [1.807, 2.05) is 13.0 Å². The molecular weight excluding hydrogens is 373 g/mol. The van der Waals surface area contributed by atoms with Gasteiger partial charge in [-0.3, -0.25) is 4.79 Å². The smallest absolute Gasteiger partial charge is 0.260 e. The number of anilines is 2. The molecule has 0 N–H and O–H groups in total. The van der Waals surface area contributed by atoms with Crippen molar-refractivity contribution in [3.63, 3.8) is 0 Å². The minimum Gasteiger partial charge on any atom is -0.484 e. The number of hydrogen-bond donors (Lipinski definition) is 0. The number of carbonyl (C=O) groups excluding carboxylic acids is 1. The lowest BCUT2D eigenvalue weighted by Crippen LogP contribution is -2.50. The maximum atomic E-state index is 12.9. The first-order valence-corrected chi connectivity index (χ1v) is 10.1. The molecule has 29 heavy (non-hydrogen) atoms. The van der Waals surface area contributed by atoms with Gasteiger partial charge in [-0.15, -0.1) is 0 Å². The van der Waals surface area contributed by atoms with Gasteiger partial charge in [-0.1, -0.05) is 0 Å². The molecule has 0 radical (unpaired) electrons. The molecule has 0 unspecified atom stereocenters. The second kappa shape index (κ2) is 8.63. The van der Waals surface area contributed by atoms with Gasteiger partial charge in [0.05, 0.1) is 0 Å². The van der Waals surface area contributed by atoms with Crippen LogP contribution in [0.2, 0.25) is 0 Å². The molecule has 7 nitrogen and oxygen atoms in total. The molecule has 0 bridgehead atoms. The largest absolute Gasteiger partial charge is 0.484 e. The number of benzene rings is 1. The van der Waals surface area contributed by atoms with Gasteiger partial charge >= 0.3 is 0 Å². The molecule has 1 aromatic carbocycles. The van der Waals surface area contributed by atoms with Crippen LogP contribution in [-0.2, 0) is 4.79 Å². The number of halogens is 1. The van der Waals surface area contributed by atoms with E-state index in [4.69, 9.17) is 9.72 Å². The highest BCUT2D eigenvalue weighted by Crippen LogP contribution is 2.22. The van der Waals surface area contributed by atoms with Gasteiger partial charge in [0.15, 0.2) is 6.61 Å². The Morgan fingerprint density at radius 1 is 1.00 bits per heavy atom. The second-order valence-corrected chi connectivity index (χ2v) is 7.47. The monoisotopic (exact) mass is 399 g/mol. The van der Waals surface area contributed by atoms with Crippen LogP contribution >= 0.6 is 0 Å². The quantitative estimate of drug-likeness (QED) is 0.769. The summed E-state index contributed by atoms with van der Waals surface area (Å²) in [4.78, 5) is 28.1. The number of ether oxygens (including phenoxy) is 1. The summed E-state index contributed by atoms with van der Waals surface area (Å²) in [6, 6.07) is 7.69. The lowest BCUT2D eigenvalue weighted by Gasteiger charge is -2.35. The van der Waals surface area contributed by atoms with Crippen LogP contribution < -0.4 is 14.5 Å². The Balaban J connectivity index is 1.32. The molecule has 0 spiro atoms. The van der Waals surface area contributed by atoms with Crippen LogP contribution in [0.1, 0.15) is 18.5 Å². The Hall–Kier alpha value is -2.90. The summed E-state index contributed by atoms with van der Waals surface area (Å²) in [5.41, 5.74) is 0.961. The van der Waals surface area contributed by atoms with E-state index in [9.17, 15) is 9.18 Å². The molecule has 3 heterocycles. The minimum absolute atomic E-state index is 0.0443. The van der Waals surface area contributed by atoms with E-state index >= 15 is 0 Å². The molecule has 0 atom stereocenters. The number of nitrogens with zero attached hydrogens (tertiary/aromatic N) is 5. The molecule has 0 aliphatic carbocycles. The zero-order chi connectivity index (χ0) is 20.2. The van der Waals surface area contributed by atoms with Gasteiger partial charge in [0.1, 0.15) is 17.4 Å². The van der Waals surface area contributed by atoms with Crippen LogP contribution in [0.3, 0.4) is 0 Å². The highest BCUT2D eigenvalue weighted by Gasteiger charge is 2.24. The third-order valence-corrected chi connectivity index (χ3v) is 5.35. The number of rotatable bonds is 5. The fourth-order valence-corrected chi connectivity index (χ4v) is 3.71. The average Bonchev–Trinajstić information content (AvgIpc) is 3.28. The van der Waals surface area contributed by atoms with Crippen LogP contribution in [0.25, 0.3) is 0 Å². The molecule has 2 fully saturated rings. The molecule has 2 saturated heterocycles. The van der Waals surface area contributed by atoms with Gasteiger partial charge in [0, 0.05) is 51.0 Å². The minimum atomic E-state index is -0.326. The van der Waals surface area contributed by atoms with Gasteiger partial charge in [-0.05, 0) is 44.0 Å². The lowest BCUT2D eigenvalue weighted by molar-refractivity contribution is -0.133. The first-order chi connectivity index (χ1) is 14.1. The molecule has 0 saturated carbocycles. The molecule has 2 aliphatic rings. The molecule has 154 valence electrons. The lowest BCUT2D eigenvalue weighted by atomic mass is 10.3. The molecule has 8 heteroatoms. The number of piperazine rings is 1. The van der Waals surface area contributed by atoms with Crippen molar-refractivity contribution in [1.29, 1.82) is 0 Å². The fraction of sp³-hybridized carbons (Fsp3) is 0.476. The van der Waals surface area contributed by atoms with E-state index in [1.165, 1.54) is 37.1 Å².